The number of aryl methyl sites for hydroxylation is 3. The summed E-state index contributed by atoms with van der Waals surface area (Å²) in [6, 6.07) is 11.5. The largest absolute Gasteiger partial charge is 0.494 e. The fraction of sp³-hybridized carbons (Fsp3) is 0.320. The molecule has 0 saturated carbocycles. The van der Waals surface area contributed by atoms with Crippen LogP contribution in [0, 0.1) is 20.8 Å². The van der Waals surface area contributed by atoms with Gasteiger partial charge in [-0.2, -0.15) is 5.11 Å². The number of hydrogen-bond donors (Lipinski definition) is 0. The second-order valence-corrected chi connectivity index (χ2v) is 8.53. The summed E-state index contributed by atoms with van der Waals surface area (Å²) in [4.78, 5) is 32.2. The highest BCUT2D eigenvalue weighted by molar-refractivity contribution is 6.25. The molecule has 3 aromatic rings. The Morgan fingerprint density at radius 2 is 1.71 bits per heavy atom. The van der Waals surface area contributed by atoms with Gasteiger partial charge in [-0.3, -0.25) is 14.6 Å². The first-order chi connectivity index (χ1) is 16.4. The van der Waals surface area contributed by atoms with Crippen LogP contribution in [0.25, 0.3) is 11.5 Å². The number of amides is 2. The molecule has 174 valence electrons. The van der Waals surface area contributed by atoms with E-state index in [1.165, 1.54) is 9.91 Å². The molecule has 0 spiro atoms. The first kappa shape index (κ1) is 21.8. The van der Waals surface area contributed by atoms with Crippen molar-refractivity contribution in [3.63, 3.8) is 0 Å². The standard InChI is InChI=1S/C25H25N5O4/c1-5-33-19-8-6-17(7-9-19)23-26-20(16(4)34-23)13-29-22-21(27-28-29)24(31)30(25(22)32)18-11-14(2)10-15(3)12-18/h6-12,21-22H,5,13H2,1-4H3. The molecule has 0 bridgehead atoms. The monoisotopic (exact) mass is 459 g/mol. The number of imide groups is 1. The fourth-order valence-electron chi connectivity index (χ4n) is 4.40. The molecular formula is C25H25N5O4. The van der Waals surface area contributed by atoms with E-state index in [1.807, 2.05) is 70.2 Å². The van der Waals surface area contributed by atoms with E-state index < -0.39 is 12.1 Å². The Kier molecular flexibility index (Phi) is 5.39. The number of hydrogen-bond acceptors (Lipinski definition) is 8. The van der Waals surface area contributed by atoms with Crippen LogP contribution in [0.3, 0.4) is 0 Å². The summed E-state index contributed by atoms with van der Waals surface area (Å²) in [5, 5.41) is 9.77. The van der Waals surface area contributed by atoms with Gasteiger partial charge in [0.05, 0.1) is 18.8 Å². The van der Waals surface area contributed by atoms with E-state index in [1.54, 1.807) is 0 Å². The molecule has 9 nitrogen and oxygen atoms in total. The van der Waals surface area contributed by atoms with Crippen molar-refractivity contribution in [3.8, 4) is 17.2 Å². The highest BCUT2D eigenvalue weighted by Crippen LogP contribution is 2.34. The summed E-state index contributed by atoms with van der Waals surface area (Å²) >= 11 is 0. The van der Waals surface area contributed by atoms with Crippen LogP contribution in [0.4, 0.5) is 5.69 Å². The fourth-order valence-corrected chi connectivity index (χ4v) is 4.40. The van der Waals surface area contributed by atoms with Gasteiger partial charge in [-0.1, -0.05) is 11.3 Å². The number of oxazole rings is 1. The molecule has 2 aliphatic rings. The van der Waals surface area contributed by atoms with Crippen molar-refractivity contribution in [1.29, 1.82) is 0 Å². The van der Waals surface area contributed by atoms with Crippen molar-refractivity contribution in [2.24, 2.45) is 10.3 Å². The van der Waals surface area contributed by atoms with Crippen LogP contribution in [0.1, 0.15) is 29.5 Å². The van der Waals surface area contributed by atoms with Crippen LogP contribution >= 0.6 is 0 Å². The first-order valence-corrected chi connectivity index (χ1v) is 11.2. The third-order valence-corrected chi connectivity index (χ3v) is 5.94. The number of benzene rings is 2. The Bertz CT molecular complexity index is 1280. The second-order valence-electron chi connectivity index (χ2n) is 8.53. The Balaban J connectivity index is 1.37. The van der Waals surface area contributed by atoms with Gasteiger partial charge in [0.25, 0.3) is 11.8 Å². The smallest absolute Gasteiger partial charge is 0.263 e. The minimum atomic E-state index is -0.855. The van der Waals surface area contributed by atoms with Crippen LogP contribution in [0.2, 0.25) is 0 Å². The van der Waals surface area contributed by atoms with Gasteiger partial charge in [0.2, 0.25) is 5.89 Å². The maximum absolute atomic E-state index is 13.3. The van der Waals surface area contributed by atoms with E-state index in [0.29, 0.717) is 29.6 Å². The Morgan fingerprint density at radius 3 is 2.38 bits per heavy atom. The molecule has 0 N–H and O–H groups in total. The lowest BCUT2D eigenvalue weighted by atomic mass is 10.1. The minimum absolute atomic E-state index is 0.205. The van der Waals surface area contributed by atoms with Gasteiger partial charge in [0.1, 0.15) is 17.2 Å². The van der Waals surface area contributed by atoms with Crippen LogP contribution in [-0.2, 0) is 16.1 Å². The summed E-state index contributed by atoms with van der Waals surface area (Å²) in [6.07, 6.45) is 0. The third-order valence-electron chi connectivity index (χ3n) is 5.94. The van der Waals surface area contributed by atoms with Gasteiger partial charge in [0.15, 0.2) is 12.1 Å². The number of ether oxygens (including phenoxy) is 1. The van der Waals surface area contributed by atoms with E-state index in [2.05, 4.69) is 15.3 Å². The molecule has 0 aliphatic carbocycles. The zero-order chi connectivity index (χ0) is 24.0. The maximum Gasteiger partial charge on any atom is 0.263 e. The van der Waals surface area contributed by atoms with Crippen LogP contribution in [0.5, 0.6) is 5.75 Å². The highest BCUT2D eigenvalue weighted by Gasteiger charge is 2.55. The zero-order valence-electron chi connectivity index (χ0n) is 19.5. The Labute approximate surface area is 197 Å². The normalized spacial score (nSPS) is 19.3. The van der Waals surface area contributed by atoms with E-state index in [-0.39, 0.29) is 18.4 Å². The lowest BCUT2D eigenvalue weighted by molar-refractivity contribution is -0.123. The molecule has 0 radical (unpaired) electrons. The summed E-state index contributed by atoms with van der Waals surface area (Å²) < 4.78 is 11.4. The van der Waals surface area contributed by atoms with Gasteiger partial charge in [-0.05, 0) is 75.2 Å². The molecule has 5 rings (SSSR count). The summed E-state index contributed by atoms with van der Waals surface area (Å²) in [7, 11) is 0. The SMILES string of the molecule is CCOc1ccc(-c2nc(CN3N=NC4C(=O)N(c5cc(C)cc(C)c5)C(=O)C43)c(C)o2)cc1. The number of anilines is 1. The molecule has 3 heterocycles. The molecule has 2 unspecified atom stereocenters. The number of carbonyl (C=O) groups is 2. The van der Waals surface area contributed by atoms with Crippen molar-refractivity contribution < 1.29 is 18.7 Å². The van der Waals surface area contributed by atoms with Crippen molar-refractivity contribution in [3.05, 3.63) is 65.0 Å². The summed E-state index contributed by atoms with van der Waals surface area (Å²) in [5.41, 5.74) is 3.96. The van der Waals surface area contributed by atoms with Crippen molar-refractivity contribution >= 4 is 17.5 Å². The lowest BCUT2D eigenvalue weighted by Gasteiger charge is -2.20. The average Bonchev–Trinajstić information content (AvgIpc) is 3.44. The lowest BCUT2D eigenvalue weighted by Crippen LogP contribution is -2.39. The zero-order valence-corrected chi connectivity index (χ0v) is 19.5. The van der Waals surface area contributed by atoms with E-state index >= 15 is 0 Å². The van der Waals surface area contributed by atoms with E-state index in [0.717, 1.165) is 22.4 Å². The number of nitrogens with zero attached hydrogens (tertiary/aromatic N) is 5. The number of aromatic nitrogens is 1. The van der Waals surface area contributed by atoms with Crippen molar-refractivity contribution in [2.75, 3.05) is 11.5 Å². The minimum Gasteiger partial charge on any atom is -0.494 e. The maximum atomic E-state index is 13.3. The molecule has 1 aromatic heterocycles. The molecule has 34 heavy (non-hydrogen) atoms. The molecule has 2 aliphatic heterocycles. The molecule has 2 aromatic carbocycles. The Hall–Kier alpha value is -4.01. The van der Waals surface area contributed by atoms with Gasteiger partial charge in [0, 0.05) is 5.56 Å². The third kappa shape index (κ3) is 3.72. The van der Waals surface area contributed by atoms with Gasteiger partial charge in [-0.15, -0.1) is 0 Å². The number of carbonyl (C=O) groups excluding carboxylic acids is 2. The molecule has 2 atom stereocenters. The Morgan fingerprint density at radius 1 is 1.00 bits per heavy atom. The predicted octanol–water partition coefficient (Wildman–Crippen LogP) is 4.16. The van der Waals surface area contributed by atoms with E-state index in [9.17, 15) is 9.59 Å². The summed E-state index contributed by atoms with van der Waals surface area (Å²) in [6.45, 7) is 8.41. The molecule has 9 heteroatoms. The second kappa shape index (κ2) is 8.40. The van der Waals surface area contributed by atoms with Gasteiger partial charge < -0.3 is 9.15 Å². The van der Waals surface area contributed by atoms with E-state index in [4.69, 9.17) is 9.15 Å². The van der Waals surface area contributed by atoms with Crippen molar-refractivity contribution in [2.45, 2.75) is 46.3 Å². The number of fused-ring (bicyclic) bond motifs is 1. The quantitative estimate of drug-likeness (QED) is 0.513. The molecular weight excluding hydrogens is 434 g/mol. The topological polar surface area (TPSA) is 101 Å². The van der Waals surface area contributed by atoms with Crippen molar-refractivity contribution in [1.82, 2.24) is 9.99 Å². The van der Waals surface area contributed by atoms with Crippen LogP contribution in [0.15, 0.2) is 57.2 Å². The first-order valence-electron chi connectivity index (χ1n) is 11.2. The molecule has 1 saturated heterocycles. The number of rotatable bonds is 6. The highest BCUT2D eigenvalue weighted by atomic mass is 16.5. The average molecular weight is 460 g/mol. The van der Waals surface area contributed by atoms with Crippen LogP contribution in [-0.4, -0.2) is 40.5 Å². The molecule has 2 amide bonds. The van der Waals surface area contributed by atoms with Crippen LogP contribution < -0.4 is 9.64 Å². The summed E-state index contributed by atoms with van der Waals surface area (Å²) in [5.74, 6) is 1.16. The molecule has 1 fully saturated rings. The predicted molar refractivity (Wildman–Crippen MR) is 124 cm³/mol. The van der Waals surface area contributed by atoms with Gasteiger partial charge >= 0.3 is 0 Å². The van der Waals surface area contributed by atoms with Gasteiger partial charge in [-0.25, -0.2) is 9.88 Å².